The van der Waals surface area contributed by atoms with Crippen molar-refractivity contribution >= 4 is 28.6 Å². The molecule has 0 atom stereocenters. The number of thiophene rings is 1. The second kappa shape index (κ2) is 8.20. The molecule has 134 valence electrons. The molecule has 0 aromatic carbocycles. The molecule has 0 unspecified atom stereocenters. The average molecular weight is 387 g/mol. The van der Waals surface area contributed by atoms with Gasteiger partial charge in [-0.2, -0.15) is 5.10 Å². The van der Waals surface area contributed by atoms with E-state index in [1.54, 1.807) is 41.7 Å². The van der Waals surface area contributed by atoms with E-state index in [1.807, 2.05) is 24.4 Å². The van der Waals surface area contributed by atoms with Gasteiger partial charge in [-0.15, -0.1) is 22.7 Å². The van der Waals surface area contributed by atoms with E-state index >= 15 is 0 Å². The summed E-state index contributed by atoms with van der Waals surface area (Å²) in [6.45, 7) is 4.36. The van der Waals surface area contributed by atoms with Gasteiger partial charge in [0.25, 0.3) is 5.56 Å². The highest BCUT2D eigenvalue weighted by atomic mass is 32.1. The summed E-state index contributed by atoms with van der Waals surface area (Å²) in [5, 5.41) is 10.1. The Labute approximate surface area is 158 Å². The van der Waals surface area contributed by atoms with Crippen LogP contribution in [0.3, 0.4) is 0 Å². The number of hydrogen-bond acceptors (Lipinski definition) is 6. The minimum Gasteiger partial charge on any atom is -0.351 e. The van der Waals surface area contributed by atoms with Crippen LogP contribution in [0.5, 0.6) is 0 Å². The van der Waals surface area contributed by atoms with Gasteiger partial charge in [0.15, 0.2) is 0 Å². The Morgan fingerprint density at radius 2 is 2.19 bits per heavy atom. The molecule has 3 aromatic rings. The van der Waals surface area contributed by atoms with E-state index in [9.17, 15) is 9.59 Å². The fraction of sp³-hybridized carbons (Fsp3) is 0.222. The number of rotatable bonds is 6. The van der Waals surface area contributed by atoms with Crippen LogP contribution in [-0.2, 0) is 11.3 Å². The van der Waals surface area contributed by atoms with E-state index < -0.39 is 0 Å². The van der Waals surface area contributed by atoms with Crippen molar-refractivity contribution in [3.63, 3.8) is 0 Å². The van der Waals surface area contributed by atoms with Gasteiger partial charge >= 0.3 is 0 Å². The average Bonchev–Trinajstić information content (AvgIpc) is 3.26. The number of nitrogens with zero attached hydrogens (tertiary/aromatic N) is 3. The molecule has 1 amide bonds. The third-order valence-electron chi connectivity index (χ3n) is 3.57. The first-order valence-corrected chi connectivity index (χ1v) is 9.78. The zero-order chi connectivity index (χ0) is 18.5. The lowest BCUT2D eigenvalue weighted by Crippen LogP contribution is -2.31. The summed E-state index contributed by atoms with van der Waals surface area (Å²) in [5.41, 5.74) is 1.40. The molecule has 0 aliphatic carbocycles. The first-order chi connectivity index (χ1) is 12.6. The summed E-state index contributed by atoms with van der Waals surface area (Å²) in [6.07, 6.45) is 3.11. The molecule has 3 aromatic heterocycles. The Balaban J connectivity index is 1.81. The number of aryl methyl sites for hydroxylation is 1. The second-order valence-corrected chi connectivity index (χ2v) is 7.43. The minimum absolute atomic E-state index is 0.185. The Kier molecular flexibility index (Phi) is 5.75. The largest absolute Gasteiger partial charge is 0.351 e. The molecular formula is C18H18N4O2S2. The van der Waals surface area contributed by atoms with E-state index in [0.29, 0.717) is 18.8 Å². The first kappa shape index (κ1) is 18.2. The van der Waals surface area contributed by atoms with Crippen LogP contribution in [0.4, 0.5) is 0 Å². The lowest BCUT2D eigenvalue weighted by Gasteiger charge is -2.07. The number of hydrogen-bond donors (Lipinski definition) is 1. The molecule has 3 heterocycles. The van der Waals surface area contributed by atoms with Crippen LogP contribution in [0.25, 0.3) is 20.5 Å². The standard InChI is InChI=1S/C18H18N4O2S2/c1-3-5-15(23)19-9-10-22-16(24)8-7-13(21-22)17-12(2)20-18(26-17)14-6-4-11-25-14/h3-8,11H,9-10H2,1-2H3,(H,19,23). The quantitative estimate of drug-likeness (QED) is 0.661. The number of thiazole rings is 1. The van der Waals surface area contributed by atoms with Crippen LogP contribution < -0.4 is 10.9 Å². The third kappa shape index (κ3) is 4.14. The van der Waals surface area contributed by atoms with E-state index in [1.165, 1.54) is 16.8 Å². The van der Waals surface area contributed by atoms with E-state index in [-0.39, 0.29) is 11.5 Å². The number of allylic oxidation sites excluding steroid dienone is 1. The Bertz CT molecular complexity index is 987. The lowest BCUT2D eigenvalue weighted by molar-refractivity contribution is -0.116. The topological polar surface area (TPSA) is 76.9 Å². The van der Waals surface area contributed by atoms with Crippen LogP contribution in [-0.4, -0.2) is 27.2 Å². The van der Waals surface area contributed by atoms with Crippen molar-refractivity contribution in [2.45, 2.75) is 20.4 Å². The van der Waals surface area contributed by atoms with Crippen molar-refractivity contribution in [2.24, 2.45) is 0 Å². The Hall–Kier alpha value is -2.58. The van der Waals surface area contributed by atoms with Crippen molar-refractivity contribution in [3.05, 3.63) is 57.8 Å². The fourth-order valence-corrected chi connectivity index (χ4v) is 4.19. The van der Waals surface area contributed by atoms with Crippen molar-refractivity contribution in [2.75, 3.05) is 6.54 Å². The van der Waals surface area contributed by atoms with Crippen LogP contribution in [0.2, 0.25) is 0 Å². The molecule has 0 radical (unpaired) electrons. The molecule has 26 heavy (non-hydrogen) atoms. The minimum atomic E-state index is -0.199. The van der Waals surface area contributed by atoms with Gasteiger partial charge in [-0.1, -0.05) is 12.1 Å². The summed E-state index contributed by atoms with van der Waals surface area (Å²) in [6, 6.07) is 7.25. The fourth-order valence-electron chi connectivity index (χ4n) is 2.37. The zero-order valence-corrected chi connectivity index (χ0v) is 16.1. The Morgan fingerprint density at radius 1 is 1.35 bits per heavy atom. The van der Waals surface area contributed by atoms with Crippen LogP contribution in [0.15, 0.2) is 46.6 Å². The molecule has 0 saturated heterocycles. The van der Waals surface area contributed by atoms with Gasteiger partial charge in [0.05, 0.1) is 22.0 Å². The number of aromatic nitrogens is 3. The summed E-state index contributed by atoms with van der Waals surface area (Å²) < 4.78 is 1.37. The van der Waals surface area contributed by atoms with Gasteiger partial charge in [-0.25, -0.2) is 9.67 Å². The molecule has 0 spiro atoms. The van der Waals surface area contributed by atoms with Crippen molar-refractivity contribution in [1.82, 2.24) is 20.1 Å². The molecule has 1 N–H and O–H groups in total. The number of carbonyl (C=O) groups is 1. The number of amides is 1. The van der Waals surface area contributed by atoms with Crippen molar-refractivity contribution in [1.29, 1.82) is 0 Å². The van der Waals surface area contributed by atoms with E-state index in [4.69, 9.17) is 0 Å². The van der Waals surface area contributed by atoms with Gasteiger partial charge in [-0.3, -0.25) is 9.59 Å². The molecule has 0 saturated carbocycles. The highest BCUT2D eigenvalue weighted by Crippen LogP contribution is 2.35. The van der Waals surface area contributed by atoms with Gasteiger partial charge in [0.1, 0.15) is 10.7 Å². The molecule has 0 bridgehead atoms. The molecule has 8 heteroatoms. The summed E-state index contributed by atoms with van der Waals surface area (Å²) in [7, 11) is 0. The van der Waals surface area contributed by atoms with Crippen molar-refractivity contribution in [3.8, 4) is 20.5 Å². The smallest absolute Gasteiger partial charge is 0.266 e. The molecule has 0 aliphatic rings. The number of nitrogens with one attached hydrogen (secondary N) is 1. The highest BCUT2D eigenvalue weighted by molar-refractivity contribution is 7.23. The second-order valence-electron chi connectivity index (χ2n) is 5.48. The third-order valence-corrected chi connectivity index (χ3v) is 5.79. The Morgan fingerprint density at radius 3 is 2.92 bits per heavy atom. The molecule has 6 nitrogen and oxygen atoms in total. The predicted molar refractivity (Wildman–Crippen MR) is 105 cm³/mol. The molecule has 0 aliphatic heterocycles. The summed E-state index contributed by atoms with van der Waals surface area (Å²) >= 11 is 3.21. The van der Waals surface area contributed by atoms with Gasteiger partial charge < -0.3 is 5.32 Å². The van der Waals surface area contributed by atoms with Gasteiger partial charge in [-0.05, 0) is 37.4 Å². The molecule has 3 rings (SSSR count). The van der Waals surface area contributed by atoms with Crippen LogP contribution >= 0.6 is 22.7 Å². The van der Waals surface area contributed by atoms with E-state index in [0.717, 1.165) is 20.5 Å². The van der Waals surface area contributed by atoms with Gasteiger partial charge in [0.2, 0.25) is 5.91 Å². The predicted octanol–water partition coefficient (Wildman–Crippen LogP) is 3.10. The highest BCUT2D eigenvalue weighted by Gasteiger charge is 2.14. The normalized spacial score (nSPS) is 11.2. The number of carbonyl (C=O) groups excluding carboxylic acids is 1. The maximum atomic E-state index is 12.0. The molecule has 0 fully saturated rings. The lowest BCUT2D eigenvalue weighted by atomic mass is 10.3. The monoisotopic (exact) mass is 386 g/mol. The van der Waals surface area contributed by atoms with Gasteiger partial charge in [0, 0.05) is 12.6 Å². The molecular weight excluding hydrogens is 368 g/mol. The van der Waals surface area contributed by atoms with Crippen LogP contribution in [0.1, 0.15) is 12.6 Å². The summed E-state index contributed by atoms with van der Waals surface area (Å²) in [5.74, 6) is -0.185. The SMILES string of the molecule is CC=CC(=O)NCCn1nc(-c2sc(-c3cccs3)nc2C)ccc1=O. The first-order valence-electron chi connectivity index (χ1n) is 8.09. The van der Waals surface area contributed by atoms with Crippen molar-refractivity contribution < 1.29 is 4.79 Å². The van der Waals surface area contributed by atoms with Crippen LogP contribution in [0, 0.1) is 6.92 Å². The zero-order valence-electron chi connectivity index (χ0n) is 14.4. The van der Waals surface area contributed by atoms with E-state index in [2.05, 4.69) is 15.4 Å². The maximum absolute atomic E-state index is 12.0. The summed E-state index contributed by atoms with van der Waals surface area (Å²) in [4.78, 5) is 30.2. The maximum Gasteiger partial charge on any atom is 0.266 e.